The molecule has 0 bridgehead atoms. The maximum atomic E-state index is 12.7. The Labute approximate surface area is 183 Å². The van der Waals surface area contributed by atoms with Crippen molar-refractivity contribution in [1.29, 1.82) is 0 Å². The van der Waals surface area contributed by atoms with E-state index in [0.717, 1.165) is 29.7 Å². The third kappa shape index (κ3) is 6.08. The third-order valence-corrected chi connectivity index (χ3v) is 6.19. The van der Waals surface area contributed by atoms with Crippen molar-refractivity contribution in [3.63, 3.8) is 0 Å². The van der Waals surface area contributed by atoms with Gasteiger partial charge in [0.2, 0.25) is 0 Å². The zero-order valence-corrected chi connectivity index (χ0v) is 18.4. The minimum Gasteiger partial charge on any atom is -0.497 e. The Hall–Kier alpha value is -3.32. The summed E-state index contributed by atoms with van der Waals surface area (Å²) >= 11 is 0. The van der Waals surface area contributed by atoms with Crippen molar-refractivity contribution in [2.75, 3.05) is 18.4 Å². The van der Waals surface area contributed by atoms with Crippen LogP contribution in [0.4, 0.5) is 5.69 Å². The average molecular weight is 439 g/mol. The summed E-state index contributed by atoms with van der Waals surface area (Å²) in [7, 11) is -2.17. The van der Waals surface area contributed by atoms with Gasteiger partial charge in [0, 0.05) is 6.54 Å². The molecule has 3 aromatic rings. The molecule has 0 saturated carbocycles. The fraction of sp³-hybridized carbons (Fsp3) is 0.208. The summed E-state index contributed by atoms with van der Waals surface area (Å²) < 4.78 is 33.2. The summed E-state index contributed by atoms with van der Waals surface area (Å²) in [6.07, 6.45) is 1.54. The quantitative estimate of drug-likeness (QED) is 0.491. The highest BCUT2D eigenvalue weighted by Gasteiger charge is 2.18. The normalized spacial score (nSPS) is 11.0. The zero-order chi connectivity index (χ0) is 22.3. The van der Waals surface area contributed by atoms with Gasteiger partial charge < -0.3 is 10.1 Å². The van der Waals surface area contributed by atoms with Gasteiger partial charge in [0.1, 0.15) is 5.75 Å². The molecule has 2 N–H and O–H groups in total. The second kappa shape index (κ2) is 10.1. The highest BCUT2D eigenvalue weighted by Crippen LogP contribution is 2.20. The number of benzene rings is 3. The number of amides is 1. The smallest absolute Gasteiger partial charge is 0.261 e. The lowest BCUT2D eigenvalue weighted by Crippen LogP contribution is -2.26. The van der Waals surface area contributed by atoms with Crippen molar-refractivity contribution >= 4 is 21.6 Å². The Kier molecular flexibility index (Phi) is 7.31. The summed E-state index contributed by atoms with van der Waals surface area (Å²) in [5.74, 6) is 0.476. The number of carbonyl (C=O) groups excluding carboxylic acids is 1. The molecule has 0 heterocycles. The van der Waals surface area contributed by atoms with Gasteiger partial charge in [-0.15, -0.1) is 0 Å². The van der Waals surface area contributed by atoms with Crippen LogP contribution in [0.2, 0.25) is 0 Å². The maximum Gasteiger partial charge on any atom is 0.261 e. The number of rotatable bonds is 9. The van der Waals surface area contributed by atoms with Gasteiger partial charge in [-0.2, -0.15) is 0 Å². The van der Waals surface area contributed by atoms with Crippen LogP contribution >= 0.6 is 0 Å². The fourth-order valence-electron chi connectivity index (χ4n) is 3.11. The molecule has 0 aliphatic carbocycles. The lowest BCUT2D eigenvalue weighted by molar-refractivity contribution is 0.0954. The predicted octanol–water partition coefficient (Wildman–Crippen LogP) is 4.17. The Bertz CT molecular complexity index is 1140. The molecular formula is C24H26N2O4S. The average Bonchev–Trinajstić information content (AvgIpc) is 2.77. The minimum absolute atomic E-state index is 0.145. The van der Waals surface area contributed by atoms with E-state index in [-0.39, 0.29) is 22.1 Å². The number of methoxy groups -OCH3 is 1. The Morgan fingerprint density at radius 1 is 0.968 bits per heavy atom. The molecule has 6 nitrogen and oxygen atoms in total. The molecule has 0 radical (unpaired) electrons. The molecular weight excluding hydrogens is 412 g/mol. The van der Waals surface area contributed by atoms with Gasteiger partial charge >= 0.3 is 0 Å². The van der Waals surface area contributed by atoms with Crippen molar-refractivity contribution in [1.82, 2.24) is 5.32 Å². The third-order valence-electron chi connectivity index (χ3n) is 4.81. The Balaban J connectivity index is 1.62. The molecule has 31 heavy (non-hydrogen) atoms. The molecule has 0 unspecified atom stereocenters. The van der Waals surface area contributed by atoms with Crippen LogP contribution in [0, 0.1) is 6.92 Å². The first-order valence-corrected chi connectivity index (χ1v) is 11.5. The first-order chi connectivity index (χ1) is 14.9. The van der Waals surface area contributed by atoms with E-state index < -0.39 is 10.0 Å². The van der Waals surface area contributed by atoms with E-state index in [1.165, 1.54) is 0 Å². The fourth-order valence-corrected chi connectivity index (χ4v) is 4.19. The molecule has 3 aromatic carbocycles. The van der Waals surface area contributed by atoms with E-state index in [4.69, 9.17) is 4.74 Å². The van der Waals surface area contributed by atoms with Crippen molar-refractivity contribution in [3.05, 3.63) is 89.5 Å². The van der Waals surface area contributed by atoms with Gasteiger partial charge in [-0.05, 0) is 61.7 Å². The van der Waals surface area contributed by atoms with Gasteiger partial charge in [0.25, 0.3) is 15.9 Å². The van der Waals surface area contributed by atoms with E-state index in [0.29, 0.717) is 6.54 Å². The van der Waals surface area contributed by atoms with E-state index >= 15 is 0 Å². The summed E-state index contributed by atoms with van der Waals surface area (Å²) in [5, 5.41) is 2.87. The summed E-state index contributed by atoms with van der Waals surface area (Å²) in [6.45, 7) is 2.35. The topological polar surface area (TPSA) is 84.5 Å². The van der Waals surface area contributed by atoms with Crippen LogP contribution in [-0.4, -0.2) is 28.0 Å². The molecule has 0 saturated heterocycles. The largest absolute Gasteiger partial charge is 0.497 e. The number of carbonyl (C=O) groups is 1. The lowest BCUT2D eigenvalue weighted by atomic mass is 10.1. The van der Waals surface area contributed by atoms with Crippen LogP contribution in [0.25, 0.3) is 0 Å². The van der Waals surface area contributed by atoms with E-state index in [1.807, 2.05) is 31.2 Å². The van der Waals surface area contributed by atoms with Gasteiger partial charge in [-0.1, -0.05) is 42.0 Å². The SMILES string of the molecule is COc1cccc(CCCNC(=O)c2ccccc2NS(=O)(=O)c2ccc(C)cc2)c1. The number of aryl methyl sites for hydroxylation is 2. The minimum atomic E-state index is -3.80. The molecule has 0 aliphatic rings. The predicted molar refractivity (Wildman–Crippen MR) is 122 cm³/mol. The van der Waals surface area contributed by atoms with Crippen LogP contribution in [0.5, 0.6) is 5.75 Å². The summed E-state index contributed by atoms with van der Waals surface area (Å²) in [5.41, 5.74) is 2.61. The molecule has 0 aromatic heterocycles. The van der Waals surface area contributed by atoms with Crippen molar-refractivity contribution in [2.24, 2.45) is 0 Å². The Morgan fingerprint density at radius 2 is 1.71 bits per heavy atom. The highest BCUT2D eigenvalue weighted by atomic mass is 32.2. The molecule has 7 heteroatoms. The number of anilines is 1. The number of hydrogen-bond acceptors (Lipinski definition) is 4. The first kappa shape index (κ1) is 22.4. The van der Waals surface area contributed by atoms with E-state index in [1.54, 1.807) is 55.6 Å². The van der Waals surface area contributed by atoms with E-state index in [2.05, 4.69) is 10.0 Å². The monoisotopic (exact) mass is 438 g/mol. The van der Waals surface area contributed by atoms with Crippen molar-refractivity contribution in [3.8, 4) is 5.75 Å². The van der Waals surface area contributed by atoms with Crippen LogP contribution in [-0.2, 0) is 16.4 Å². The van der Waals surface area contributed by atoms with Crippen LogP contribution < -0.4 is 14.8 Å². The first-order valence-electron chi connectivity index (χ1n) is 9.99. The van der Waals surface area contributed by atoms with Gasteiger partial charge in [-0.3, -0.25) is 9.52 Å². The molecule has 0 spiro atoms. The van der Waals surface area contributed by atoms with Crippen LogP contribution in [0.1, 0.15) is 27.9 Å². The molecule has 0 aliphatic heterocycles. The molecule has 0 fully saturated rings. The summed E-state index contributed by atoms with van der Waals surface area (Å²) in [4.78, 5) is 12.8. The lowest BCUT2D eigenvalue weighted by Gasteiger charge is -2.13. The molecule has 3 rings (SSSR count). The number of nitrogens with one attached hydrogen (secondary N) is 2. The molecule has 162 valence electrons. The standard InChI is InChI=1S/C24H26N2O4S/c1-18-12-14-21(15-13-18)31(28,29)26-23-11-4-3-10-22(23)24(27)25-16-6-8-19-7-5-9-20(17-19)30-2/h3-5,7,9-15,17,26H,6,8,16H2,1-2H3,(H,25,27). The van der Waals surface area contributed by atoms with E-state index in [9.17, 15) is 13.2 Å². The zero-order valence-electron chi connectivity index (χ0n) is 17.6. The second-order valence-corrected chi connectivity index (χ2v) is 8.86. The second-order valence-electron chi connectivity index (χ2n) is 7.18. The van der Waals surface area contributed by atoms with Crippen LogP contribution in [0.3, 0.4) is 0 Å². The number of hydrogen-bond donors (Lipinski definition) is 2. The molecule has 0 atom stereocenters. The maximum absolute atomic E-state index is 12.7. The Morgan fingerprint density at radius 3 is 2.45 bits per heavy atom. The van der Waals surface area contributed by atoms with Gasteiger partial charge in [0.05, 0.1) is 23.3 Å². The van der Waals surface area contributed by atoms with Gasteiger partial charge in [-0.25, -0.2) is 8.42 Å². The van der Waals surface area contributed by atoms with Crippen LogP contribution in [0.15, 0.2) is 77.7 Å². The molecule has 1 amide bonds. The van der Waals surface area contributed by atoms with Gasteiger partial charge in [0.15, 0.2) is 0 Å². The highest BCUT2D eigenvalue weighted by molar-refractivity contribution is 7.92. The number of sulfonamides is 1. The number of ether oxygens (including phenoxy) is 1. The number of para-hydroxylation sites is 1. The van der Waals surface area contributed by atoms with Crippen molar-refractivity contribution < 1.29 is 17.9 Å². The van der Waals surface area contributed by atoms with Crippen molar-refractivity contribution in [2.45, 2.75) is 24.7 Å². The summed E-state index contributed by atoms with van der Waals surface area (Å²) in [6, 6.07) is 20.9.